The van der Waals surface area contributed by atoms with E-state index in [0.29, 0.717) is 18.0 Å². The Labute approximate surface area is 129 Å². The van der Waals surface area contributed by atoms with Gasteiger partial charge in [0.15, 0.2) is 0 Å². The quantitative estimate of drug-likeness (QED) is 0.729. The molecule has 0 radical (unpaired) electrons. The maximum Gasteiger partial charge on any atom is 0.444 e. The third-order valence-corrected chi connectivity index (χ3v) is 2.73. The number of nitrogens with zero attached hydrogens (tertiary/aromatic N) is 2. The van der Waals surface area contributed by atoms with E-state index in [1.165, 1.54) is 6.07 Å². The van der Waals surface area contributed by atoms with Crippen LogP contribution in [0.4, 0.5) is 13.2 Å². The zero-order valence-electron chi connectivity index (χ0n) is 12.3. The lowest BCUT2D eigenvalue weighted by Gasteiger charge is -2.09. The fraction of sp³-hybridized carbons (Fsp3) is 0.429. The van der Waals surface area contributed by atoms with E-state index >= 15 is 0 Å². The summed E-state index contributed by atoms with van der Waals surface area (Å²) in [4.78, 5) is 11.7. The van der Waals surface area contributed by atoms with E-state index in [2.05, 4.69) is 5.10 Å². The molecule has 0 spiro atoms. The molecule has 0 atom stereocenters. The molecule has 0 amide bonds. The van der Waals surface area contributed by atoms with Gasteiger partial charge in [-0.15, -0.1) is 0 Å². The maximum atomic E-state index is 12.1. The van der Waals surface area contributed by atoms with Crippen molar-refractivity contribution in [1.82, 2.24) is 9.78 Å². The first-order chi connectivity index (χ1) is 10.9. The Morgan fingerprint density at radius 3 is 2.78 bits per heavy atom. The fourth-order valence-corrected chi connectivity index (χ4v) is 1.77. The van der Waals surface area contributed by atoms with Crippen molar-refractivity contribution in [3.8, 4) is 17.5 Å². The molecule has 126 valence electrons. The first-order valence-electron chi connectivity index (χ1n) is 6.92. The number of ether oxygens (including phenoxy) is 2. The average molecular weight is 332 g/mol. The first kappa shape index (κ1) is 16.9. The molecule has 6 nitrogen and oxygen atoms in total. The molecule has 9 heteroatoms. The summed E-state index contributed by atoms with van der Waals surface area (Å²) in [5, 5.41) is 3.85. The summed E-state index contributed by atoms with van der Waals surface area (Å²) in [6, 6.07) is 6.23. The van der Waals surface area contributed by atoms with Crippen LogP contribution in [-0.2, 0) is 0 Å². The van der Waals surface area contributed by atoms with Crippen LogP contribution in [0.25, 0.3) is 5.69 Å². The number of benzene rings is 1. The van der Waals surface area contributed by atoms with E-state index in [1.807, 2.05) is 0 Å². The van der Waals surface area contributed by atoms with Gasteiger partial charge in [0.05, 0.1) is 18.9 Å². The summed E-state index contributed by atoms with van der Waals surface area (Å²) in [6.45, 7) is 1.93. The summed E-state index contributed by atoms with van der Waals surface area (Å²) >= 11 is 0. The average Bonchev–Trinajstić information content (AvgIpc) is 2.84. The van der Waals surface area contributed by atoms with Gasteiger partial charge in [-0.05, 0) is 25.5 Å². The lowest BCUT2D eigenvalue weighted by Crippen LogP contribution is -2.13. The molecular formula is C14H15F3N2O4. The Morgan fingerprint density at radius 2 is 2.09 bits per heavy atom. The van der Waals surface area contributed by atoms with Gasteiger partial charge in [0, 0.05) is 12.5 Å². The minimum atomic E-state index is -4.20. The molecule has 1 aromatic heterocycles. The molecule has 0 aliphatic rings. The first-order valence-corrected chi connectivity index (χ1v) is 6.92. The Hall–Kier alpha value is -2.45. The molecule has 1 heterocycles. The van der Waals surface area contributed by atoms with Crippen LogP contribution >= 0.6 is 0 Å². The zero-order chi connectivity index (χ0) is 16.9. The molecule has 0 fully saturated rings. The van der Waals surface area contributed by atoms with Gasteiger partial charge in [-0.2, -0.15) is 17.9 Å². The van der Waals surface area contributed by atoms with Gasteiger partial charge in [0.25, 0.3) is 0 Å². The van der Waals surface area contributed by atoms with Crippen molar-refractivity contribution in [2.45, 2.75) is 25.9 Å². The van der Waals surface area contributed by atoms with Gasteiger partial charge in [0.1, 0.15) is 5.75 Å². The second kappa shape index (κ2) is 7.21. The minimum absolute atomic E-state index is 0.0825. The number of hydrogen-bond donors (Lipinski definition) is 0. The van der Waals surface area contributed by atoms with E-state index in [9.17, 15) is 18.0 Å². The van der Waals surface area contributed by atoms with Gasteiger partial charge in [0.2, 0.25) is 0 Å². The van der Waals surface area contributed by atoms with E-state index < -0.39 is 18.4 Å². The molecule has 0 aliphatic carbocycles. The normalized spacial score (nSPS) is 11.5. The summed E-state index contributed by atoms with van der Waals surface area (Å²) in [6.07, 6.45) is -5.41. The predicted molar refractivity (Wildman–Crippen MR) is 74.1 cm³/mol. The van der Waals surface area contributed by atoms with Crippen LogP contribution < -0.4 is 15.2 Å². The minimum Gasteiger partial charge on any atom is -0.494 e. The number of rotatable bonds is 7. The zero-order valence-corrected chi connectivity index (χ0v) is 12.3. The van der Waals surface area contributed by atoms with Crippen LogP contribution in [0.1, 0.15) is 19.8 Å². The van der Waals surface area contributed by atoms with E-state index in [1.54, 1.807) is 25.1 Å². The van der Waals surface area contributed by atoms with Crippen LogP contribution in [0.2, 0.25) is 0 Å². The smallest absolute Gasteiger partial charge is 0.444 e. The molecule has 1 aromatic carbocycles. The standard InChI is InChI=1S/C14H15F3N2O4/c1-2-21-12-18-19(13(20)23-12)10-5-3-6-11(9-10)22-8-4-7-14(15,16)17/h3,5-6,9H,2,4,7-8H2,1H3. The molecule has 2 aromatic rings. The Morgan fingerprint density at radius 1 is 1.30 bits per heavy atom. The third-order valence-electron chi connectivity index (χ3n) is 2.73. The third kappa shape index (κ3) is 5.04. The molecule has 0 N–H and O–H groups in total. The van der Waals surface area contributed by atoms with Crippen molar-refractivity contribution in [2.75, 3.05) is 13.2 Å². The van der Waals surface area contributed by atoms with E-state index in [-0.39, 0.29) is 19.1 Å². The van der Waals surface area contributed by atoms with Crippen molar-refractivity contribution in [3.63, 3.8) is 0 Å². The largest absolute Gasteiger partial charge is 0.494 e. The molecular weight excluding hydrogens is 317 g/mol. The monoisotopic (exact) mass is 332 g/mol. The van der Waals surface area contributed by atoms with Crippen LogP contribution in [0.3, 0.4) is 0 Å². The Bertz CT molecular complexity index is 694. The highest BCUT2D eigenvalue weighted by molar-refractivity contribution is 5.38. The van der Waals surface area contributed by atoms with Crippen LogP contribution in [-0.4, -0.2) is 29.2 Å². The van der Waals surface area contributed by atoms with Crippen molar-refractivity contribution >= 4 is 0 Å². The SMILES string of the molecule is CCOc1nn(-c2cccc(OCCCC(F)(F)F)c2)c(=O)o1. The number of aromatic nitrogens is 2. The van der Waals surface area contributed by atoms with E-state index in [4.69, 9.17) is 13.9 Å². The maximum absolute atomic E-state index is 12.1. The van der Waals surface area contributed by atoms with Gasteiger partial charge >= 0.3 is 18.0 Å². The number of hydrogen-bond acceptors (Lipinski definition) is 5. The molecule has 0 aliphatic heterocycles. The Kier molecular flexibility index (Phi) is 5.30. The summed E-state index contributed by atoms with van der Waals surface area (Å²) in [7, 11) is 0. The van der Waals surface area contributed by atoms with Crippen LogP contribution in [0.5, 0.6) is 11.8 Å². The molecule has 0 bridgehead atoms. The molecule has 23 heavy (non-hydrogen) atoms. The van der Waals surface area contributed by atoms with E-state index in [0.717, 1.165) is 4.68 Å². The lowest BCUT2D eigenvalue weighted by molar-refractivity contribution is -0.136. The highest BCUT2D eigenvalue weighted by atomic mass is 19.4. The molecule has 0 saturated carbocycles. The topological polar surface area (TPSA) is 66.5 Å². The van der Waals surface area contributed by atoms with Gasteiger partial charge in [-0.25, -0.2) is 4.79 Å². The van der Waals surface area contributed by atoms with Crippen LogP contribution in [0.15, 0.2) is 33.5 Å². The van der Waals surface area contributed by atoms with Crippen molar-refractivity contribution in [2.24, 2.45) is 0 Å². The summed E-state index contributed by atoms with van der Waals surface area (Å²) < 4.78 is 52.2. The predicted octanol–water partition coefficient (Wildman–Crippen LogP) is 2.95. The second-order valence-corrected chi connectivity index (χ2v) is 4.54. The lowest BCUT2D eigenvalue weighted by atomic mass is 10.3. The van der Waals surface area contributed by atoms with Crippen LogP contribution in [0, 0.1) is 0 Å². The number of alkyl halides is 3. The Balaban J connectivity index is 2.03. The summed E-state index contributed by atoms with van der Waals surface area (Å²) in [5.74, 6) is -0.403. The number of halogens is 3. The molecule has 0 saturated heterocycles. The van der Waals surface area contributed by atoms with Crippen molar-refractivity contribution in [1.29, 1.82) is 0 Å². The summed E-state index contributed by atoms with van der Waals surface area (Å²) in [5.41, 5.74) is 0.359. The second-order valence-electron chi connectivity index (χ2n) is 4.54. The van der Waals surface area contributed by atoms with Crippen molar-refractivity contribution < 1.29 is 27.1 Å². The molecule has 2 rings (SSSR count). The highest BCUT2D eigenvalue weighted by Gasteiger charge is 2.26. The van der Waals surface area contributed by atoms with Crippen molar-refractivity contribution in [3.05, 3.63) is 34.8 Å². The van der Waals surface area contributed by atoms with Gasteiger partial charge in [-0.1, -0.05) is 11.2 Å². The highest BCUT2D eigenvalue weighted by Crippen LogP contribution is 2.22. The van der Waals surface area contributed by atoms with Gasteiger partial charge in [-0.3, -0.25) is 0 Å². The molecule has 0 unspecified atom stereocenters. The van der Waals surface area contributed by atoms with Gasteiger partial charge < -0.3 is 13.9 Å². The fourth-order valence-electron chi connectivity index (χ4n) is 1.77.